The molecule has 0 spiro atoms. The molecule has 0 saturated heterocycles. The second kappa shape index (κ2) is 4.45. The molecule has 3 nitrogen and oxygen atoms in total. The number of carbonyl (C=O) groups is 1. The van der Waals surface area contributed by atoms with Gasteiger partial charge in [0.1, 0.15) is 16.0 Å². The first-order valence-electron chi connectivity index (χ1n) is 5.35. The molecule has 0 aliphatic carbocycles. The van der Waals surface area contributed by atoms with Crippen LogP contribution < -0.4 is 4.74 Å². The Labute approximate surface area is 103 Å². The molecule has 1 aromatic rings. The Balaban J connectivity index is 2.57. The van der Waals surface area contributed by atoms with E-state index in [4.69, 9.17) is 4.74 Å². The number of Topliss-reactive ketones (excluding diaryl/α,β-unsaturated/α-hetero) is 1. The molecule has 0 bridgehead atoms. The van der Waals surface area contributed by atoms with Gasteiger partial charge in [0.15, 0.2) is 5.78 Å². The summed E-state index contributed by atoms with van der Waals surface area (Å²) in [5.41, 5.74) is 1.38. The van der Waals surface area contributed by atoms with Crippen LogP contribution in [0.1, 0.15) is 35.7 Å². The Morgan fingerprint density at radius 2 is 2.38 bits per heavy atom. The molecule has 1 aliphatic rings. The minimum atomic E-state index is -0.0495. The lowest BCUT2D eigenvalue weighted by Crippen LogP contribution is -2.11. The first-order valence-corrected chi connectivity index (χ1v) is 6.14. The molecule has 0 radical (unpaired) electrons. The van der Waals surface area contributed by atoms with Gasteiger partial charge >= 0.3 is 0 Å². The van der Waals surface area contributed by atoms with Gasteiger partial charge in [0.05, 0.1) is 12.2 Å². The number of rotatable bonds is 2. The molecule has 86 valence electrons. The molecule has 0 aromatic heterocycles. The SMILES string of the molecule is CCC(=O)c1cc2c(c(Br)c1O)OCCC2. The van der Waals surface area contributed by atoms with Gasteiger partial charge in [-0.25, -0.2) is 0 Å². The lowest BCUT2D eigenvalue weighted by molar-refractivity contribution is 0.0985. The zero-order chi connectivity index (χ0) is 11.7. The van der Waals surface area contributed by atoms with Gasteiger partial charge < -0.3 is 9.84 Å². The first kappa shape index (κ1) is 11.5. The summed E-state index contributed by atoms with van der Waals surface area (Å²) in [7, 11) is 0. The standard InChI is InChI=1S/C12H13BrO3/c1-2-9(14)8-6-7-4-3-5-16-12(7)10(13)11(8)15/h6,15H,2-5H2,1H3. The van der Waals surface area contributed by atoms with Crippen molar-refractivity contribution in [1.29, 1.82) is 0 Å². The van der Waals surface area contributed by atoms with Crippen molar-refractivity contribution in [2.75, 3.05) is 6.61 Å². The van der Waals surface area contributed by atoms with Crippen molar-refractivity contribution < 1.29 is 14.6 Å². The third kappa shape index (κ3) is 1.82. The van der Waals surface area contributed by atoms with Crippen molar-refractivity contribution >= 4 is 21.7 Å². The van der Waals surface area contributed by atoms with Crippen molar-refractivity contribution in [3.8, 4) is 11.5 Å². The normalized spacial score (nSPS) is 14.1. The molecule has 0 unspecified atom stereocenters. The maximum absolute atomic E-state index is 11.7. The largest absolute Gasteiger partial charge is 0.506 e. The lowest BCUT2D eigenvalue weighted by atomic mass is 9.99. The third-order valence-corrected chi connectivity index (χ3v) is 3.47. The van der Waals surface area contributed by atoms with E-state index in [9.17, 15) is 9.90 Å². The van der Waals surface area contributed by atoms with Gasteiger partial charge in [-0.05, 0) is 40.4 Å². The summed E-state index contributed by atoms with van der Waals surface area (Å²) < 4.78 is 5.99. The number of ketones is 1. The van der Waals surface area contributed by atoms with Gasteiger partial charge in [0.2, 0.25) is 0 Å². The summed E-state index contributed by atoms with van der Waals surface area (Å²) in [5.74, 6) is 0.621. The number of ether oxygens (including phenoxy) is 1. The lowest BCUT2D eigenvalue weighted by Gasteiger charge is -2.20. The van der Waals surface area contributed by atoms with Crippen LogP contribution in [0, 0.1) is 0 Å². The Morgan fingerprint density at radius 1 is 1.62 bits per heavy atom. The van der Waals surface area contributed by atoms with Gasteiger partial charge in [-0.1, -0.05) is 6.92 Å². The average Bonchev–Trinajstić information content (AvgIpc) is 2.33. The Kier molecular flexibility index (Phi) is 3.19. The molecule has 2 rings (SSSR count). The monoisotopic (exact) mass is 284 g/mol. The third-order valence-electron chi connectivity index (χ3n) is 2.73. The minimum absolute atomic E-state index is 0.00694. The topological polar surface area (TPSA) is 46.5 Å². The van der Waals surface area contributed by atoms with E-state index in [1.807, 2.05) is 0 Å². The number of benzene rings is 1. The molecule has 0 atom stereocenters. The summed E-state index contributed by atoms with van der Waals surface area (Å²) in [6, 6.07) is 1.75. The zero-order valence-electron chi connectivity index (χ0n) is 9.05. The van der Waals surface area contributed by atoms with Crippen molar-refractivity contribution in [2.45, 2.75) is 26.2 Å². The summed E-state index contributed by atoms with van der Waals surface area (Å²) in [4.78, 5) is 11.7. The highest BCUT2D eigenvalue weighted by atomic mass is 79.9. The fourth-order valence-corrected chi connectivity index (χ4v) is 2.44. The average molecular weight is 285 g/mol. The van der Waals surface area contributed by atoms with E-state index in [1.54, 1.807) is 13.0 Å². The zero-order valence-corrected chi connectivity index (χ0v) is 10.6. The Hall–Kier alpha value is -1.03. The van der Waals surface area contributed by atoms with E-state index in [0.717, 1.165) is 18.4 Å². The number of phenols is 1. The van der Waals surface area contributed by atoms with Crippen LogP contribution in [0.4, 0.5) is 0 Å². The number of halogens is 1. The number of fused-ring (bicyclic) bond motifs is 1. The van der Waals surface area contributed by atoms with Gasteiger partial charge in [-0.3, -0.25) is 4.79 Å². The summed E-state index contributed by atoms with van der Waals surface area (Å²) in [5, 5.41) is 9.91. The maximum Gasteiger partial charge on any atom is 0.166 e. The molecule has 0 amide bonds. The van der Waals surface area contributed by atoms with Crippen LogP contribution in [-0.4, -0.2) is 17.5 Å². The molecule has 1 heterocycles. The summed E-state index contributed by atoms with van der Waals surface area (Å²) >= 11 is 3.29. The second-order valence-electron chi connectivity index (χ2n) is 3.80. The van der Waals surface area contributed by atoms with E-state index in [2.05, 4.69) is 15.9 Å². The van der Waals surface area contributed by atoms with E-state index in [-0.39, 0.29) is 11.5 Å². The summed E-state index contributed by atoms with van der Waals surface area (Å²) in [6.07, 6.45) is 2.22. The molecule has 1 aromatic carbocycles. The number of hydrogen-bond donors (Lipinski definition) is 1. The van der Waals surface area contributed by atoms with Crippen LogP contribution in [-0.2, 0) is 6.42 Å². The van der Waals surface area contributed by atoms with Crippen LogP contribution in [0.2, 0.25) is 0 Å². The van der Waals surface area contributed by atoms with Crippen molar-refractivity contribution in [3.05, 3.63) is 21.7 Å². The second-order valence-corrected chi connectivity index (χ2v) is 4.60. The van der Waals surface area contributed by atoms with Crippen LogP contribution in [0.5, 0.6) is 11.5 Å². The van der Waals surface area contributed by atoms with E-state index in [0.29, 0.717) is 28.8 Å². The van der Waals surface area contributed by atoms with Crippen LogP contribution in [0.3, 0.4) is 0 Å². The molecule has 1 aliphatic heterocycles. The number of aryl methyl sites for hydroxylation is 1. The fraction of sp³-hybridized carbons (Fsp3) is 0.417. The van der Waals surface area contributed by atoms with E-state index < -0.39 is 0 Å². The predicted octanol–water partition coefficient (Wildman–Crippen LogP) is 3.07. The molecule has 16 heavy (non-hydrogen) atoms. The smallest absolute Gasteiger partial charge is 0.166 e. The molecular formula is C12H13BrO3. The quantitative estimate of drug-likeness (QED) is 0.849. The highest BCUT2D eigenvalue weighted by molar-refractivity contribution is 9.10. The molecule has 0 fully saturated rings. The van der Waals surface area contributed by atoms with E-state index >= 15 is 0 Å². The number of carbonyl (C=O) groups excluding carboxylic acids is 1. The molecule has 1 N–H and O–H groups in total. The predicted molar refractivity (Wildman–Crippen MR) is 64.2 cm³/mol. The highest BCUT2D eigenvalue weighted by Gasteiger charge is 2.22. The first-order chi connectivity index (χ1) is 7.65. The van der Waals surface area contributed by atoms with Crippen LogP contribution in [0.15, 0.2) is 10.5 Å². The van der Waals surface area contributed by atoms with Crippen molar-refractivity contribution in [2.24, 2.45) is 0 Å². The molecular weight excluding hydrogens is 272 g/mol. The van der Waals surface area contributed by atoms with Crippen molar-refractivity contribution in [1.82, 2.24) is 0 Å². The Bertz CT molecular complexity index is 440. The summed E-state index contributed by atoms with van der Waals surface area (Å²) in [6.45, 7) is 2.44. The highest BCUT2D eigenvalue weighted by Crippen LogP contribution is 2.42. The number of aromatic hydroxyl groups is 1. The Morgan fingerprint density at radius 3 is 3.06 bits per heavy atom. The van der Waals surface area contributed by atoms with Gasteiger partial charge in [-0.15, -0.1) is 0 Å². The van der Waals surface area contributed by atoms with Gasteiger partial charge in [0.25, 0.3) is 0 Å². The van der Waals surface area contributed by atoms with Crippen LogP contribution in [0.25, 0.3) is 0 Å². The molecule has 0 saturated carbocycles. The number of phenolic OH excluding ortho intramolecular Hbond substituents is 1. The van der Waals surface area contributed by atoms with E-state index in [1.165, 1.54) is 0 Å². The fourth-order valence-electron chi connectivity index (χ4n) is 1.86. The minimum Gasteiger partial charge on any atom is -0.506 e. The van der Waals surface area contributed by atoms with Crippen molar-refractivity contribution in [3.63, 3.8) is 0 Å². The van der Waals surface area contributed by atoms with Gasteiger partial charge in [0, 0.05) is 6.42 Å². The number of hydrogen-bond acceptors (Lipinski definition) is 3. The van der Waals surface area contributed by atoms with Crippen LogP contribution >= 0.6 is 15.9 Å². The maximum atomic E-state index is 11.7. The molecule has 4 heteroatoms. The van der Waals surface area contributed by atoms with Gasteiger partial charge in [-0.2, -0.15) is 0 Å².